The van der Waals surface area contributed by atoms with Gasteiger partial charge < -0.3 is 20.7 Å². The van der Waals surface area contributed by atoms with E-state index in [1.54, 1.807) is 6.92 Å². The zero-order valence-corrected chi connectivity index (χ0v) is 18.8. The molecule has 0 saturated carbocycles. The molecule has 0 aromatic heterocycles. The Morgan fingerprint density at radius 1 is 1.16 bits per heavy atom. The lowest BCUT2D eigenvalue weighted by Gasteiger charge is -2.26. The molecule has 9 heteroatoms. The molecule has 5 atom stereocenters. The largest absolute Gasteiger partial charge is 0.459 e. The van der Waals surface area contributed by atoms with Crippen LogP contribution in [0, 0.1) is 17.2 Å². The van der Waals surface area contributed by atoms with E-state index in [1.807, 2.05) is 31.2 Å². The summed E-state index contributed by atoms with van der Waals surface area (Å²) < 4.78 is 5.44. The third-order valence-electron chi connectivity index (χ3n) is 5.69. The summed E-state index contributed by atoms with van der Waals surface area (Å²) in [6.45, 7) is 5.18. The lowest BCUT2D eigenvalue weighted by atomic mass is 9.98. The number of esters is 1. The molecular formula is C23H32N4O5. The molecule has 2 aliphatic rings. The molecule has 0 aromatic rings. The predicted molar refractivity (Wildman–Crippen MR) is 117 cm³/mol. The van der Waals surface area contributed by atoms with Gasteiger partial charge in [0.1, 0.15) is 24.2 Å². The van der Waals surface area contributed by atoms with Gasteiger partial charge in [0.05, 0.1) is 18.9 Å². The number of nitrogens with one attached hydrogen (secondary N) is 3. The standard InChI is InChI=1S/C23H32N4O5/c1-4-14(2)20-23(31)32-17(10-11-24)13-19(28)26-18(12-16-8-6-5-7-9-16)22(30)25-15(3)21(29)27-20/h6,8-9,14-15,17-18,20H,4-5,7,10,12-13H2,1-3H3,(H,25,30)(H,26,28)(H,27,29)/t14-,15+,17+,18+,20+/m0/s1. The number of nitriles is 1. The monoisotopic (exact) mass is 444 g/mol. The minimum absolute atomic E-state index is 0.179. The fourth-order valence-electron chi connectivity index (χ4n) is 3.55. The first-order valence-corrected chi connectivity index (χ1v) is 11.1. The van der Waals surface area contributed by atoms with Crippen molar-refractivity contribution in [2.75, 3.05) is 0 Å². The van der Waals surface area contributed by atoms with Crippen molar-refractivity contribution in [3.8, 4) is 6.07 Å². The number of carbonyl (C=O) groups excluding carboxylic acids is 4. The molecule has 0 radical (unpaired) electrons. The Bertz CT molecular complexity index is 829. The summed E-state index contributed by atoms with van der Waals surface area (Å²) in [6.07, 6.45) is 7.14. The first-order chi connectivity index (χ1) is 15.2. The topological polar surface area (TPSA) is 137 Å². The molecule has 32 heavy (non-hydrogen) atoms. The van der Waals surface area contributed by atoms with Gasteiger partial charge in [0.25, 0.3) is 0 Å². The fraction of sp³-hybridized carbons (Fsp3) is 0.609. The summed E-state index contributed by atoms with van der Waals surface area (Å²) in [6, 6.07) is -0.863. The van der Waals surface area contributed by atoms with Crippen molar-refractivity contribution in [1.29, 1.82) is 5.26 Å². The summed E-state index contributed by atoms with van der Waals surface area (Å²) in [5.74, 6) is -2.48. The van der Waals surface area contributed by atoms with Gasteiger partial charge in [-0.2, -0.15) is 5.26 Å². The van der Waals surface area contributed by atoms with Gasteiger partial charge in [-0.25, -0.2) is 4.79 Å². The second kappa shape index (κ2) is 12.0. The average molecular weight is 445 g/mol. The van der Waals surface area contributed by atoms with E-state index >= 15 is 0 Å². The number of carbonyl (C=O) groups is 4. The Kier molecular flexibility index (Phi) is 9.44. The van der Waals surface area contributed by atoms with Crippen molar-refractivity contribution in [3.63, 3.8) is 0 Å². The Balaban J connectivity index is 2.31. The summed E-state index contributed by atoms with van der Waals surface area (Å²) in [5, 5.41) is 17.1. The van der Waals surface area contributed by atoms with Crippen LogP contribution < -0.4 is 16.0 Å². The molecule has 1 fully saturated rings. The first kappa shape index (κ1) is 25.1. The fourth-order valence-corrected chi connectivity index (χ4v) is 3.55. The lowest BCUT2D eigenvalue weighted by molar-refractivity contribution is -0.155. The van der Waals surface area contributed by atoms with E-state index in [0.717, 1.165) is 18.4 Å². The second-order valence-corrected chi connectivity index (χ2v) is 8.31. The molecular weight excluding hydrogens is 412 g/mol. The van der Waals surface area contributed by atoms with Crippen LogP contribution in [0.15, 0.2) is 23.8 Å². The van der Waals surface area contributed by atoms with Gasteiger partial charge in [0.15, 0.2) is 0 Å². The van der Waals surface area contributed by atoms with Crippen LogP contribution in [-0.2, 0) is 23.9 Å². The SMILES string of the molecule is CC[C@H](C)[C@H]1NC(=O)[C@@H](C)NC(=O)[C@@H](CC2=CCCC=C2)NC(=O)C[C@@H](CC#N)OC1=O. The second-order valence-electron chi connectivity index (χ2n) is 8.31. The summed E-state index contributed by atoms with van der Waals surface area (Å²) in [4.78, 5) is 51.1. The summed E-state index contributed by atoms with van der Waals surface area (Å²) in [5.41, 5.74) is 0.912. The van der Waals surface area contributed by atoms with Crippen LogP contribution in [0.25, 0.3) is 0 Å². The van der Waals surface area contributed by atoms with E-state index in [9.17, 15) is 19.2 Å². The van der Waals surface area contributed by atoms with Crippen molar-refractivity contribution < 1.29 is 23.9 Å². The third kappa shape index (κ3) is 7.22. The number of hydrogen-bond acceptors (Lipinski definition) is 6. The maximum Gasteiger partial charge on any atom is 0.329 e. The Morgan fingerprint density at radius 3 is 2.53 bits per heavy atom. The maximum atomic E-state index is 12.9. The third-order valence-corrected chi connectivity index (χ3v) is 5.69. The minimum atomic E-state index is -0.980. The normalized spacial score (nSPS) is 28.4. The minimum Gasteiger partial charge on any atom is -0.459 e. The average Bonchev–Trinajstić information content (AvgIpc) is 2.76. The van der Waals surface area contributed by atoms with Crippen LogP contribution in [0.2, 0.25) is 0 Å². The number of amides is 3. The first-order valence-electron chi connectivity index (χ1n) is 11.1. The summed E-state index contributed by atoms with van der Waals surface area (Å²) in [7, 11) is 0. The van der Waals surface area contributed by atoms with Crippen molar-refractivity contribution >= 4 is 23.7 Å². The molecule has 0 bridgehead atoms. The molecule has 3 amide bonds. The van der Waals surface area contributed by atoms with Crippen LogP contribution >= 0.6 is 0 Å². The maximum absolute atomic E-state index is 12.9. The van der Waals surface area contributed by atoms with Gasteiger partial charge in [0.2, 0.25) is 17.7 Å². The van der Waals surface area contributed by atoms with E-state index in [2.05, 4.69) is 16.0 Å². The Morgan fingerprint density at radius 2 is 1.91 bits per heavy atom. The molecule has 0 aromatic carbocycles. The molecule has 3 N–H and O–H groups in total. The van der Waals surface area contributed by atoms with Crippen molar-refractivity contribution in [2.24, 2.45) is 5.92 Å². The Hall–Kier alpha value is -3.15. The van der Waals surface area contributed by atoms with Crippen molar-refractivity contribution in [1.82, 2.24) is 16.0 Å². The van der Waals surface area contributed by atoms with Crippen molar-refractivity contribution in [3.05, 3.63) is 23.8 Å². The van der Waals surface area contributed by atoms with Crippen LogP contribution in [-0.4, -0.2) is 47.9 Å². The molecule has 2 rings (SSSR count). The summed E-state index contributed by atoms with van der Waals surface area (Å²) >= 11 is 0. The molecule has 1 aliphatic heterocycles. The molecule has 174 valence electrons. The van der Waals surface area contributed by atoms with Gasteiger partial charge in [-0.1, -0.05) is 38.5 Å². The number of nitrogens with zero attached hydrogens (tertiary/aromatic N) is 1. The number of ether oxygens (including phenoxy) is 1. The zero-order chi connectivity index (χ0) is 23.7. The van der Waals surface area contributed by atoms with E-state index in [-0.39, 0.29) is 25.2 Å². The van der Waals surface area contributed by atoms with Gasteiger partial charge in [0, 0.05) is 6.42 Å². The van der Waals surface area contributed by atoms with E-state index in [0.29, 0.717) is 6.42 Å². The lowest BCUT2D eigenvalue weighted by Crippen LogP contribution is -2.55. The van der Waals surface area contributed by atoms with Gasteiger partial charge in [-0.3, -0.25) is 14.4 Å². The van der Waals surface area contributed by atoms with Crippen LogP contribution in [0.1, 0.15) is 59.3 Å². The van der Waals surface area contributed by atoms with Crippen LogP contribution in [0.3, 0.4) is 0 Å². The molecule has 0 spiro atoms. The highest BCUT2D eigenvalue weighted by atomic mass is 16.5. The van der Waals surface area contributed by atoms with Crippen molar-refractivity contribution in [2.45, 2.75) is 83.5 Å². The van der Waals surface area contributed by atoms with Gasteiger partial charge in [-0.05, 0) is 31.3 Å². The van der Waals surface area contributed by atoms with E-state index in [1.165, 1.54) is 6.92 Å². The van der Waals surface area contributed by atoms with Crippen LogP contribution in [0.4, 0.5) is 0 Å². The highest BCUT2D eigenvalue weighted by Crippen LogP contribution is 2.17. The highest BCUT2D eigenvalue weighted by molar-refractivity contribution is 5.94. The molecule has 1 heterocycles. The van der Waals surface area contributed by atoms with E-state index in [4.69, 9.17) is 10.00 Å². The van der Waals surface area contributed by atoms with Crippen LogP contribution in [0.5, 0.6) is 0 Å². The predicted octanol–water partition coefficient (Wildman–Crippen LogP) is 1.40. The van der Waals surface area contributed by atoms with Gasteiger partial charge in [-0.15, -0.1) is 0 Å². The Labute approximate surface area is 188 Å². The van der Waals surface area contributed by atoms with E-state index < -0.39 is 47.9 Å². The van der Waals surface area contributed by atoms with Gasteiger partial charge >= 0.3 is 5.97 Å². The quantitative estimate of drug-likeness (QED) is 0.548. The number of hydrogen-bond donors (Lipinski definition) is 3. The smallest absolute Gasteiger partial charge is 0.329 e. The molecule has 9 nitrogen and oxygen atoms in total. The molecule has 1 aliphatic carbocycles. The molecule has 0 unspecified atom stereocenters. The number of allylic oxidation sites excluding steroid dienone is 3. The number of rotatable bonds is 5. The molecule has 1 saturated heterocycles. The highest BCUT2D eigenvalue weighted by Gasteiger charge is 2.34. The zero-order valence-electron chi connectivity index (χ0n) is 18.8. The number of cyclic esters (lactones) is 1.